The fourth-order valence-corrected chi connectivity index (χ4v) is 5.25. The van der Waals surface area contributed by atoms with Gasteiger partial charge >= 0.3 is 22.4 Å². The zero-order valence-corrected chi connectivity index (χ0v) is 19.7. The molecule has 0 spiro atoms. The minimum absolute atomic E-state index is 0. The van der Waals surface area contributed by atoms with Gasteiger partial charge in [0.15, 0.2) is 0 Å². The van der Waals surface area contributed by atoms with Crippen LogP contribution in [0.4, 0.5) is 0 Å². The van der Waals surface area contributed by atoms with Gasteiger partial charge in [-0.3, -0.25) is 4.79 Å². The summed E-state index contributed by atoms with van der Waals surface area (Å²) in [6, 6.07) is 41.5. The van der Waals surface area contributed by atoms with Gasteiger partial charge in [-0.1, -0.05) is 121 Å². The summed E-state index contributed by atoms with van der Waals surface area (Å²) in [6.07, 6.45) is 0.337. The number of Topliss-reactive ketones (excluding diaryl/α,β-unsaturated/α-hetero) is 1. The Morgan fingerprint density at radius 1 is 0.567 bits per heavy atom. The summed E-state index contributed by atoms with van der Waals surface area (Å²) in [5, 5.41) is 4.19. The molecule has 0 heterocycles. The van der Waals surface area contributed by atoms with Gasteiger partial charge in [-0.15, -0.1) is 6.42 Å². The van der Waals surface area contributed by atoms with E-state index in [1.807, 2.05) is 18.2 Å². The summed E-state index contributed by atoms with van der Waals surface area (Å²) in [4.78, 5) is 11.0. The maximum Gasteiger partial charge on any atom is 1.00 e. The molecule has 3 heteroatoms. The van der Waals surface area contributed by atoms with Crippen LogP contribution in [-0.4, -0.2) is 5.78 Å². The van der Waals surface area contributed by atoms with Crippen molar-refractivity contribution in [1.82, 2.24) is 0 Å². The second kappa shape index (κ2) is 13.1. The van der Waals surface area contributed by atoms with E-state index < -0.39 is 7.92 Å². The third-order valence-corrected chi connectivity index (χ3v) is 6.81. The Hall–Kier alpha value is -2.28. The van der Waals surface area contributed by atoms with Crippen molar-refractivity contribution in [3.63, 3.8) is 0 Å². The maximum absolute atomic E-state index is 11.0. The van der Waals surface area contributed by atoms with Crippen LogP contribution in [-0.2, 0) is 22.4 Å². The van der Waals surface area contributed by atoms with Crippen LogP contribution >= 0.6 is 7.92 Å². The number of rotatable bonds is 5. The molecule has 0 bridgehead atoms. The number of hydrogen-bond donors (Lipinski definition) is 0. The molecule has 4 aromatic carbocycles. The van der Waals surface area contributed by atoms with Crippen molar-refractivity contribution in [2.45, 2.75) is 6.42 Å². The van der Waals surface area contributed by atoms with E-state index in [0.717, 1.165) is 5.56 Å². The predicted molar refractivity (Wildman–Crippen MR) is 126 cm³/mol. The van der Waals surface area contributed by atoms with Gasteiger partial charge in [0.25, 0.3) is 0 Å². The van der Waals surface area contributed by atoms with E-state index >= 15 is 0 Å². The molecule has 30 heavy (non-hydrogen) atoms. The number of carbonyl (C=O) groups is 1. The van der Waals surface area contributed by atoms with E-state index in [9.17, 15) is 4.79 Å². The van der Waals surface area contributed by atoms with E-state index in [1.54, 1.807) is 12.1 Å². The zero-order valence-electron chi connectivity index (χ0n) is 16.6. The summed E-state index contributed by atoms with van der Waals surface area (Å²) in [7, 11) is -0.446. The summed E-state index contributed by atoms with van der Waals surface area (Å²) >= 11 is 0. The molecule has 0 fully saturated rings. The SMILES string of the molecule is [Au+].[CH2-]CC(=O)c1ccccc1.c1ccc(P(c2ccccc2)c2ccccc2)cc1. The zero-order chi connectivity index (χ0) is 20.3. The van der Waals surface area contributed by atoms with Gasteiger partial charge in [0.1, 0.15) is 5.78 Å². The summed E-state index contributed by atoms with van der Waals surface area (Å²) in [5.74, 6) is 0.0978. The van der Waals surface area contributed by atoms with E-state index in [2.05, 4.69) is 97.9 Å². The van der Waals surface area contributed by atoms with Gasteiger partial charge in [0, 0.05) is 5.56 Å². The molecule has 0 aromatic heterocycles. The van der Waals surface area contributed by atoms with E-state index in [0.29, 0.717) is 6.42 Å². The molecule has 1 nitrogen and oxygen atoms in total. The Morgan fingerprint density at radius 3 is 1.17 bits per heavy atom. The maximum atomic E-state index is 11.0. The van der Waals surface area contributed by atoms with Crippen molar-refractivity contribution in [2.24, 2.45) is 0 Å². The molecular weight excluding hydrogens is 568 g/mol. The first kappa shape index (κ1) is 24.0. The van der Waals surface area contributed by atoms with Crippen LogP contribution in [0, 0.1) is 6.92 Å². The third-order valence-electron chi connectivity index (χ3n) is 4.37. The van der Waals surface area contributed by atoms with Crippen LogP contribution in [0.15, 0.2) is 121 Å². The van der Waals surface area contributed by atoms with Crippen LogP contribution in [0.25, 0.3) is 0 Å². The van der Waals surface area contributed by atoms with Gasteiger partial charge < -0.3 is 6.92 Å². The topological polar surface area (TPSA) is 17.1 Å². The Balaban J connectivity index is 0.000000249. The van der Waals surface area contributed by atoms with Crippen molar-refractivity contribution in [3.05, 3.63) is 134 Å². The molecule has 154 valence electrons. The molecule has 0 atom stereocenters. The number of carbonyl (C=O) groups excluding carboxylic acids is 1. The third kappa shape index (κ3) is 6.90. The largest absolute Gasteiger partial charge is 1.00 e. The van der Waals surface area contributed by atoms with Crippen molar-refractivity contribution in [3.8, 4) is 0 Å². The van der Waals surface area contributed by atoms with Crippen LogP contribution in [0.1, 0.15) is 16.8 Å². The molecule has 0 unspecified atom stereocenters. The molecule has 0 aliphatic heterocycles. The van der Waals surface area contributed by atoms with Crippen LogP contribution in [0.5, 0.6) is 0 Å². The summed E-state index contributed by atoms with van der Waals surface area (Å²) in [6.45, 7) is 3.51. The van der Waals surface area contributed by atoms with Crippen molar-refractivity contribution in [1.29, 1.82) is 0 Å². The van der Waals surface area contributed by atoms with Gasteiger partial charge in [-0.25, -0.2) is 0 Å². The second-order valence-electron chi connectivity index (χ2n) is 6.38. The van der Waals surface area contributed by atoms with E-state index in [4.69, 9.17) is 0 Å². The first-order chi connectivity index (χ1) is 14.3. The van der Waals surface area contributed by atoms with Crippen molar-refractivity contribution in [2.75, 3.05) is 0 Å². The van der Waals surface area contributed by atoms with Crippen LogP contribution in [0.2, 0.25) is 0 Å². The monoisotopic (exact) mass is 592 g/mol. The quantitative estimate of drug-likeness (QED) is 0.129. The Kier molecular flexibility index (Phi) is 10.5. The van der Waals surface area contributed by atoms with E-state index in [1.165, 1.54) is 15.9 Å². The number of ketones is 1. The van der Waals surface area contributed by atoms with Gasteiger partial charge in [-0.2, -0.15) is 0 Å². The van der Waals surface area contributed by atoms with Gasteiger partial charge in [0.05, 0.1) is 0 Å². The molecule has 4 aromatic rings. The predicted octanol–water partition coefficient (Wildman–Crippen LogP) is 5.54. The first-order valence-electron chi connectivity index (χ1n) is 9.62. The van der Waals surface area contributed by atoms with E-state index in [-0.39, 0.29) is 28.2 Å². The molecular formula is C27H24AuOP. The van der Waals surface area contributed by atoms with Crippen molar-refractivity contribution >= 4 is 29.6 Å². The molecule has 0 N–H and O–H groups in total. The van der Waals surface area contributed by atoms with Crippen LogP contribution in [0.3, 0.4) is 0 Å². The fourth-order valence-electron chi connectivity index (χ4n) is 2.95. The fraction of sp³-hybridized carbons (Fsp3) is 0.0370. The van der Waals surface area contributed by atoms with Gasteiger partial charge in [0.2, 0.25) is 0 Å². The minimum atomic E-state index is -0.446. The number of benzene rings is 4. The average Bonchev–Trinajstić information content (AvgIpc) is 2.82. The standard InChI is InChI=1S/C18H15P.C9H9O.Au/c1-4-10-16(11-5-1)19(17-12-6-2-7-13-17)18-14-8-3-9-15-18;1-2-9(10)8-6-4-3-5-7-8;/h1-15H;3-7H,1-2H2;/q;-1;+1. The van der Waals surface area contributed by atoms with Crippen LogP contribution < -0.4 is 15.9 Å². The molecule has 0 amide bonds. The molecule has 4 rings (SSSR count). The average molecular weight is 592 g/mol. The Morgan fingerprint density at radius 2 is 0.867 bits per heavy atom. The molecule has 0 saturated carbocycles. The van der Waals surface area contributed by atoms with Gasteiger partial charge in [-0.05, 0) is 23.8 Å². The minimum Gasteiger partial charge on any atom is -0.336 e. The smallest absolute Gasteiger partial charge is 0.336 e. The summed E-state index contributed by atoms with van der Waals surface area (Å²) < 4.78 is 0. The summed E-state index contributed by atoms with van der Waals surface area (Å²) in [5.41, 5.74) is 0.748. The molecule has 0 radical (unpaired) electrons. The molecule has 0 aliphatic rings. The normalized spacial score (nSPS) is 9.80. The number of hydrogen-bond acceptors (Lipinski definition) is 1. The Labute approximate surface area is 196 Å². The molecule has 0 saturated heterocycles. The Bertz CT molecular complexity index is 896. The van der Waals surface area contributed by atoms with Crippen molar-refractivity contribution < 1.29 is 27.2 Å². The molecule has 0 aliphatic carbocycles. The second-order valence-corrected chi connectivity index (χ2v) is 8.60. The first-order valence-corrected chi connectivity index (χ1v) is 11.0.